The molecule has 2 heterocycles. The predicted octanol–water partition coefficient (Wildman–Crippen LogP) is 1.94. The molecule has 1 aromatic heterocycles. The molecule has 0 amide bonds. The Labute approximate surface area is 150 Å². The van der Waals surface area contributed by atoms with Crippen LogP contribution in [0.3, 0.4) is 0 Å². The van der Waals surface area contributed by atoms with Crippen molar-refractivity contribution in [3.8, 4) is 0 Å². The number of nitro benzene ring substituents is 1. The molecule has 0 bridgehead atoms. The van der Waals surface area contributed by atoms with Crippen molar-refractivity contribution in [2.45, 2.75) is 12.5 Å². The molecule has 3 rings (SSSR count). The number of pyridine rings is 1. The van der Waals surface area contributed by atoms with Crippen LogP contribution in [0.2, 0.25) is 0 Å². The summed E-state index contributed by atoms with van der Waals surface area (Å²) in [5.41, 5.74) is -0.108. The fraction of sp³-hybridized carbons (Fsp3) is 0.438. The lowest BCUT2D eigenvalue weighted by atomic mass is 10.0. The molecule has 0 radical (unpaired) electrons. The van der Waals surface area contributed by atoms with Gasteiger partial charge in [0.1, 0.15) is 5.82 Å². The van der Waals surface area contributed by atoms with Gasteiger partial charge < -0.3 is 9.47 Å². The zero-order chi connectivity index (χ0) is 18.7. The van der Waals surface area contributed by atoms with Gasteiger partial charge in [0.25, 0.3) is 5.69 Å². The third-order valence-electron chi connectivity index (χ3n) is 4.41. The first-order valence-corrected chi connectivity index (χ1v) is 9.69. The molecule has 1 fully saturated rings. The van der Waals surface area contributed by atoms with Gasteiger partial charge in [0.05, 0.1) is 28.8 Å². The normalized spacial score (nSPS) is 18.7. The molecule has 2 atom stereocenters. The largest absolute Gasteiger partial charge is 0.381 e. The first-order chi connectivity index (χ1) is 12.4. The summed E-state index contributed by atoms with van der Waals surface area (Å²) in [4.78, 5) is 14.7. The summed E-state index contributed by atoms with van der Waals surface area (Å²) < 4.78 is 38.2. The van der Waals surface area contributed by atoms with Gasteiger partial charge in [-0.05, 0) is 12.5 Å². The van der Waals surface area contributed by atoms with Crippen molar-refractivity contribution in [1.82, 2.24) is 4.98 Å². The Morgan fingerprint density at radius 3 is 2.88 bits per heavy atom. The van der Waals surface area contributed by atoms with Gasteiger partial charge >= 0.3 is 0 Å². The Kier molecular flexibility index (Phi) is 5.35. The summed E-state index contributed by atoms with van der Waals surface area (Å²) in [5, 5.41) is 11.8. The number of nitrogens with one attached hydrogen (secondary N) is 1. The molecule has 1 aliphatic heterocycles. The lowest BCUT2D eigenvalue weighted by Gasteiger charge is -2.21. The number of hydrogen-bond donors (Lipinski definition) is 1. The summed E-state index contributed by atoms with van der Waals surface area (Å²) in [7, 11) is -2.30. The maximum Gasteiger partial charge on any atom is 0.277 e. The number of non-ortho nitro benzene ring substituents is 1. The van der Waals surface area contributed by atoms with E-state index in [-0.39, 0.29) is 23.2 Å². The highest BCUT2D eigenvalue weighted by atomic mass is 32.2. The second kappa shape index (κ2) is 7.52. The van der Waals surface area contributed by atoms with Crippen LogP contribution in [-0.4, -0.2) is 50.5 Å². The summed E-state index contributed by atoms with van der Waals surface area (Å²) >= 11 is 0. The lowest BCUT2D eigenvalue weighted by molar-refractivity contribution is -0.383. The number of fused-ring (bicyclic) bond motifs is 1. The van der Waals surface area contributed by atoms with Crippen molar-refractivity contribution in [2.24, 2.45) is 5.92 Å². The van der Waals surface area contributed by atoms with Crippen LogP contribution in [0.1, 0.15) is 6.42 Å². The minimum absolute atomic E-state index is 0.0122. The molecule has 0 aliphatic carbocycles. The van der Waals surface area contributed by atoms with Gasteiger partial charge in [-0.2, -0.15) is 0 Å². The molecular weight excluding hydrogens is 362 g/mol. The van der Waals surface area contributed by atoms with Crippen molar-refractivity contribution in [3.05, 3.63) is 40.6 Å². The Balaban J connectivity index is 1.87. The van der Waals surface area contributed by atoms with Crippen LogP contribution >= 0.6 is 0 Å². The van der Waals surface area contributed by atoms with E-state index in [2.05, 4.69) is 9.71 Å². The molecule has 9 nitrogen and oxygen atoms in total. The van der Waals surface area contributed by atoms with E-state index in [9.17, 15) is 18.5 Å². The summed E-state index contributed by atoms with van der Waals surface area (Å²) in [5.74, 6) is -0.174. The Morgan fingerprint density at radius 1 is 1.42 bits per heavy atom. The Bertz CT molecular complexity index is 911. The van der Waals surface area contributed by atoms with E-state index in [1.807, 2.05) is 0 Å². The SMILES string of the molecule is COC(CS(=O)(=O)Nc1nccc2c([N+](=O)[O-])cccc12)C1CCOC1. The van der Waals surface area contributed by atoms with Crippen LogP contribution in [0.5, 0.6) is 0 Å². The molecule has 0 spiro atoms. The van der Waals surface area contributed by atoms with Gasteiger partial charge in [0.15, 0.2) is 0 Å². The molecule has 2 unspecified atom stereocenters. The van der Waals surface area contributed by atoms with Crippen LogP contribution in [0.25, 0.3) is 10.8 Å². The number of rotatable bonds is 7. The van der Waals surface area contributed by atoms with Gasteiger partial charge in [-0.3, -0.25) is 14.8 Å². The number of methoxy groups -OCH3 is 1. The molecule has 1 N–H and O–H groups in total. The van der Waals surface area contributed by atoms with Gasteiger partial charge in [-0.25, -0.2) is 13.4 Å². The van der Waals surface area contributed by atoms with Crippen LogP contribution in [0, 0.1) is 16.0 Å². The zero-order valence-electron chi connectivity index (χ0n) is 14.1. The lowest BCUT2D eigenvalue weighted by Crippen LogP contribution is -2.34. The van der Waals surface area contributed by atoms with Gasteiger partial charge in [-0.15, -0.1) is 0 Å². The molecule has 2 aromatic rings. The van der Waals surface area contributed by atoms with E-state index in [1.165, 1.54) is 31.5 Å². The molecule has 140 valence electrons. The van der Waals surface area contributed by atoms with Crippen molar-refractivity contribution in [3.63, 3.8) is 0 Å². The van der Waals surface area contributed by atoms with Crippen LogP contribution < -0.4 is 4.72 Å². The van der Waals surface area contributed by atoms with E-state index in [0.717, 1.165) is 6.42 Å². The maximum absolute atomic E-state index is 12.6. The highest BCUT2D eigenvalue weighted by molar-refractivity contribution is 7.92. The quantitative estimate of drug-likeness (QED) is 0.574. The van der Waals surface area contributed by atoms with Crippen molar-refractivity contribution in [2.75, 3.05) is 30.8 Å². The predicted molar refractivity (Wildman–Crippen MR) is 95.5 cm³/mol. The third-order valence-corrected chi connectivity index (χ3v) is 5.68. The molecule has 1 saturated heterocycles. The standard InChI is InChI=1S/C16H19N3O6S/c1-24-15(11-6-8-25-9-11)10-26(22,23)18-16-13-3-2-4-14(19(20)21)12(13)5-7-17-16/h2-5,7,11,15H,6,8-10H2,1H3,(H,17,18). The van der Waals surface area contributed by atoms with Gasteiger partial charge in [0, 0.05) is 37.3 Å². The molecule has 1 aliphatic rings. The third kappa shape index (κ3) is 3.92. The van der Waals surface area contributed by atoms with E-state index < -0.39 is 21.1 Å². The summed E-state index contributed by atoms with van der Waals surface area (Å²) in [6.07, 6.45) is 1.58. The number of hydrogen-bond acceptors (Lipinski definition) is 7. The molecule has 0 saturated carbocycles. The second-order valence-corrected chi connectivity index (χ2v) is 7.84. The van der Waals surface area contributed by atoms with E-state index in [0.29, 0.717) is 24.0 Å². The molecular formula is C16H19N3O6S. The number of benzene rings is 1. The van der Waals surface area contributed by atoms with E-state index in [1.54, 1.807) is 6.07 Å². The number of ether oxygens (including phenoxy) is 2. The minimum atomic E-state index is -3.77. The topological polar surface area (TPSA) is 121 Å². The summed E-state index contributed by atoms with van der Waals surface area (Å²) in [6, 6.07) is 5.93. The van der Waals surface area contributed by atoms with Gasteiger partial charge in [0.2, 0.25) is 10.0 Å². The molecule has 10 heteroatoms. The monoisotopic (exact) mass is 381 g/mol. The Hall–Kier alpha value is -2.30. The number of aromatic nitrogens is 1. The smallest absolute Gasteiger partial charge is 0.277 e. The van der Waals surface area contributed by atoms with Crippen LogP contribution in [0.15, 0.2) is 30.5 Å². The number of sulfonamides is 1. The van der Waals surface area contributed by atoms with Crippen molar-refractivity contribution >= 4 is 32.3 Å². The van der Waals surface area contributed by atoms with Crippen molar-refractivity contribution < 1.29 is 22.8 Å². The fourth-order valence-corrected chi connectivity index (χ4v) is 4.46. The molecule has 1 aromatic carbocycles. The number of nitrogens with zero attached hydrogens (tertiary/aromatic N) is 2. The molecule has 26 heavy (non-hydrogen) atoms. The first-order valence-electron chi connectivity index (χ1n) is 8.04. The average Bonchev–Trinajstić information content (AvgIpc) is 3.13. The summed E-state index contributed by atoms with van der Waals surface area (Å²) in [6.45, 7) is 1.05. The average molecular weight is 381 g/mol. The number of nitro groups is 1. The number of anilines is 1. The van der Waals surface area contributed by atoms with Gasteiger partial charge in [-0.1, -0.05) is 12.1 Å². The maximum atomic E-state index is 12.6. The van der Waals surface area contributed by atoms with E-state index in [4.69, 9.17) is 9.47 Å². The van der Waals surface area contributed by atoms with Crippen LogP contribution in [0.4, 0.5) is 11.5 Å². The highest BCUT2D eigenvalue weighted by Crippen LogP contribution is 2.29. The zero-order valence-corrected chi connectivity index (χ0v) is 14.9. The fourth-order valence-electron chi connectivity index (χ4n) is 3.08. The minimum Gasteiger partial charge on any atom is -0.381 e. The van der Waals surface area contributed by atoms with Crippen LogP contribution in [-0.2, 0) is 19.5 Å². The van der Waals surface area contributed by atoms with E-state index >= 15 is 0 Å². The first kappa shape index (κ1) is 18.5. The highest BCUT2D eigenvalue weighted by Gasteiger charge is 2.30. The second-order valence-electron chi connectivity index (χ2n) is 6.07. The van der Waals surface area contributed by atoms with Crippen molar-refractivity contribution in [1.29, 1.82) is 0 Å². The Morgan fingerprint density at radius 2 is 2.23 bits per heavy atom.